The molecule has 0 radical (unpaired) electrons. The van der Waals surface area contributed by atoms with Gasteiger partial charge in [0.25, 0.3) is 5.91 Å². The number of carbonyl (C=O) groups is 1. The van der Waals surface area contributed by atoms with E-state index in [-0.39, 0.29) is 11.8 Å². The predicted octanol–water partition coefficient (Wildman–Crippen LogP) is 4.47. The monoisotopic (exact) mass is 374 g/mol. The van der Waals surface area contributed by atoms with Crippen molar-refractivity contribution >= 4 is 5.91 Å². The second-order valence-corrected chi connectivity index (χ2v) is 6.31. The summed E-state index contributed by atoms with van der Waals surface area (Å²) in [4.78, 5) is 12.5. The first kappa shape index (κ1) is 18.6. The van der Waals surface area contributed by atoms with Crippen molar-refractivity contribution in [3.8, 4) is 11.1 Å². The van der Waals surface area contributed by atoms with Crippen LogP contribution in [0, 0.1) is 0 Å². The zero-order valence-electron chi connectivity index (χ0n) is 14.7. The van der Waals surface area contributed by atoms with E-state index in [1.165, 1.54) is 23.1 Å². The highest BCUT2D eigenvalue weighted by atomic mass is 19.4. The van der Waals surface area contributed by atoms with Crippen molar-refractivity contribution in [1.82, 2.24) is 14.9 Å². The van der Waals surface area contributed by atoms with Crippen molar-refractivity contribution in [3.05, 3.63) is 71.8 Å². The highest BCUT2D eigenvalue weighted by Gasteiger charge is 2.30. The van der Waals surface area contributed by atoms with E-state index in [9.17, 15) is 18.0 Å². The standard InChI is InChI=1S/C19H17F3N4O/c1-12(2)17-24-23-11-26(17)25-18(27)15-5-3-4-14(10-15)13-6-8-16(9-7-13)19(20,21)22/h3-12H,1-2H3,(H,25,27). The first-order valence-electron chi connectivity index (χ1n) is 8.24. The lowest BCUT2D eigenvalue weighted by molar-refractivity contribution is -0.137. The van der Waals surface area contributed by atoms with Crippen LogP contribution in [0.1, 0.15) is 41.5 Å². The van der Waals surface area contributed by atoms with Gasteiger partial charge in [0.15, 0.2) is 5.82 Å². The van der Waals surface area contributed by atoms with Crippen LogP contribution in [0.3, 0.4) is 0 Å². The van der Waals surface area contributed by atoms with E-state index in [0.29, 0.717) is 22.5 Å². The SMILES string of the molecule is CC(C)c1nncn1NC(=O)c1cccc(-c2ccc(C(F)(F)F)cc2)c1. The summed E-state index contributed by atoms with van der Waals surface area (Å²) in [5, 5.41) is 7.75. The van der Waals surface area contributed by atoms with E-state index < -0.39 is 11.7 Å². The summed E-state index contributed by atoms with van der Waals surface area (Å²) in [7, 11) is 0. The fourth-order valence-electron chi connectivity index (χ4n) is 2.59. The summed E-state index contributed by atoms with van der Waals surface area (Å²) in [6, 6.07) is 11.5. The number of amides is 1. The second kappa shape index (κ2) is 7.22. The summed E-state index contributed by atoms with van der Waals surface area (Å²) in [6.07, 6.45) is -2.97. The minimum absolute atomic E-state index is 0.0753. The molecule has 2 aromatic carbocycles. The van der Waals surface area contributed by atoms with E-state index in [1.54, 1.807) is 24.3 Å². The Labute approximate surface area is 153 Å². The Morgan fingerprint density at radius 1 is 1.07 bits per heavy atom. The van der Waals surface area contributed by atoms with Gasteiger partial charge in [-0.3, -0.25) is 10.2 Å². The zero-order valence-corrected chi connectivity index (χ0v) is 14.7. The number of aromatic nitrogens is 3. The fraction of sp³-hybridized carbons (Fsp3) is 0.211. The summed E-state index contributed by atoms with van der Waals surface area (Å²) in [5.74, 6) is 0.319. The van der Waals surface area contributed by atoms with Gasteiger partial charge in [-0.05, 0) is 35.4 Å². The molecule has 0 aliphatic rings. The van der Waals surface area contributed by atoms with Crippen molar-refractivity contribution in [2.75, 3.05) is 5.43 Å². The molecule has 1 N–H and O–H groups in total. The molecule has 0 aliphatic heterocycles. The van der Waals surface area contributed by atoms with Gasteiger partial charge in [-0.25, -0.2) is 4.68 Å². The molecule has 3 aromatic rings. The van der Waals surface area contributed by atoms with Gasteiger partial charge in [0, 0.05) is 11.5 Å². The molecular weight excluding hydrogens is 357 g/mol. The summed E-state index contributed by atoms with van der Waals surface area (Å²) >= 11 is 0. The van der Waals surface area contributed by atoms with Gasteiger partial charge in [0.2, 0.25) is 0 Å². The van der Waals surface area contributed by atoms with Crippen LogP contribution in [-0.4, -0.2) is 20.8 Å². The third-order valence-corrected chi connectivity index (χ3v) is 3.98. The number of rotatable bonds is 4. The molecule has 0 spiro atoms. The average Bonchev–Trinajstić information content (AvgIpc) is 3.09. The van der Waals surface area contributed by atoms with Crippen molar-refractivity contribution in [2.45, 2.75) is 25.9 Å². The lowest BCUT2D eigenvalue weighted by Gasteiger charge is -2.11. The highest BCUT2D eigenvalue weighted by molar-refractivity contribution is 6.00. The number of nitrogens with one attached hydrogen (secondary N) is 1. The van der Waals surface area contributed by atoms with Crippen LogP contribution in [0.4, 0.5) is 13.2 Å². The summed E-state index contributed by atoms with van der Waals surface area (Å²) in [5.41, 5.74) is 3.59. The van der Waals surface area contributed by atoms with Crippen LogP contribution in [-0.2, 0) is 6.18 Å². The molecule has 0 saturated heterocycles. The van der Waals surface area contributed by atoms with Crippen LogP contribution in [0.25, 0.3) is 11.1 Å². The molecule has 140 valence electrons. The number of benzene rings is 2. The molecule has 5 nitrogen and oxygen atoms in total. The maximum Gasteiger partial charge on any atom is 0.416 e. The van der Waals surface area contributed by atoms with Crippen molar-refractivity contribution < 1.29 is 18.0 Å². The molecular formula is C19H17F3N4O. The topological polar surface area (TPSA) is 59.8 Å². The van der Waals surface area contributed by atoms with Crippen molar-refractivity contribution in [3.63, 3.8) is 0 Å². The molecule has 8 heteroatoms. The fourth-order valence-corrected chi connectivity index (χ4v) is 2.59. The number of halogens is 3. The molecule has 0 bridgehead atoms. The van der Waals surface area contributed by atoms with Crippen LogP contribution in [0.2, 0.25) is 0 Å². The average molecular weight is 374 g/mol. The minimum atomic E-state index is -4.38. The molecule has 0 aliphatic carbocycles. The molecule has 0 atom stereocenters. The molecule has 1 aromatic heterocycles. The zero-order chi connectivity index (χ0) is 19.6. The Hall–Kier alpha value is -3.16. The van der Waals surface area contributed by atoms with Gasteiger partial charge in [-0.15, -0.1) is 10.2 Å². The molecule has 27 heavy (non-hydrogen) atoms. The molecule has 1 heterocycles. The minimum Gasteiger partial charge on any atom is -0.267 e. The predicted molar refractivity (Wildman–Crippen MR) is 94.7 cm³/mol. The van der Waals surface area contributed by atoms with Crippen molar-refractivity contribution in [1.29, 1.82) is 0 Å². The van der Waals surface area contributed by atoms with E-state index in [1.807, 2.05) is 13.8 Å². The number of hydrogen-bond donors (Lipinski definition) is 1. The number of alkyl halides is 3. The first-order valence-corrected chi connectivity index (χ1v) is 8.24. The molecule has 0 unspecified atom stereocenters. The molecule has 1 amide bonds. The Morgan fingerprint density at radius 2 is 1.78 bits per heavy atom. The molecule has 0 fully saturated rings. The van der Waals surface area contributed by atoms with Crippen LogP contribution in [0.15, 0.2) is 54.9 Å². The third-order valence-electron chi connectivity index (χ3n) is 3.98. The van der Waals surface area contributed by atoms with Gasteiger partial charge < -0.3 is 0 Å². The summed E-state index contributed by atoms with van der Waals surface area (Å²) in [6.45, 7) is 3.86. The summed E-state index contributed by atoms with van der Waals surface area (Å²) < 4.78 is 39.5. The maximum atomic E-state index is 12.7. The lowest BCUT2D eigenvalue weighted by atomic mass is 10.0. The van der Waals surface area contributed by atoms with Gasteiger partial charge in [-0.1, -0.05) is 38.1 Å². The number of nitrogens with zero attached hydrogens (tertiary/aromatic N) is 3. The van der Waals surface area contributed by atoms with Crippen LogP contribution >= 0.6 is 0 Å². The van der Waals surface area contributed by atoms with Gasteiger partial charge in [-0.2, -0.15) is 13.2 Å². The van der Waals surface area contributed by atoms with E-state index in [2.05, 4.69) is 15.6 Å². The van der Waals surface area contributed by atoms with Gasteiger partial charge in [0.1, 0.15) is 6.33 Å². The second-order valence-electron chi connectivity index (χ2n) is 6.31. The van der Waals surface area contributed by atoms with E-state index in [4.69, 9.17) is 0 Å². The van der Waals surface area contributed by atoms with Crippen molar-refractivity contribution in [2.24, 2.45) is 0 Å². The van der Waals surface area contributed by atoms with Crippen LogP contribution < -0.4 is 5.43 Å². The largest absolute Gasteiger partial charge is 0.416 e. The Balaban J connectivity index is 1.83. The highest BCUT2D eigenvalue weighted by Crippen LogP contribution is 2.31. The van der Waals surface area contributed by atoms with Gasteiger partial charge >= 0.3 is 6.18 Å². The quantitative estimate of drug-likeness (QED) is 0.733. The lowest BCUT2D eigenvalue weighted by Crippen LogP contribution is -2.24. The normalized spacial score (nSPS) is 11.6. The molecule has 0 saturated carbocycles. The van der Waals surface area contributed by atoms with E-state index >= 15 is 0 Å². The number of carbonyl (C=O) groups excluding carboxylic acids is 1. The smallest absolute Gasteiger partial charge is 0.267 e. The first-order chi connectivity index (χ1) is 12.8. The maximum absolute atomic E-state index is 12.7. The van der Waals surface area contributed by atoms with Gasteiger partial charge in [0.05, 0.1) is 5.56 Å². The Morgan fingerprint density at radius 3 is 2.41 bits per heavy atom. The third kappa shape index (κ3) is 4.16. The van der Waals surface area contributed by atoms with Crippen LogP contribution in [0.5, 0.6) is 0 Å². The Bertz CT molecular complexity index is 946. The number of hydrogen-bond acceptors (Lipinski definition) is 3. The Kier molecular flexibility index (Phi) is 4.98. The molecule has 3 rings (SSSR count). The van der Waals surface area contributed by atoms with E-state index in [0.717, 1.165) is 12.1 Å².